The highest BCUT2D eigenvalue weighted by Gasteiger charge is 2.39. The van der Waals surface area contributed by atoms with Gasteiger partial charge >= 0.3 is 0 Å². The summed E-state index contributed by atoms with van der Waals surface area (Å²) >= 11 is 0. The van der Waals surface area contributed by atoms with Crippen LogP contribution in [0.5, 0.6) is 0 Å². The first-order valence-corrected chi connectivity index (χ1v) is 5.39. The van der Waals surface area contributed by atoms with Gasteiger partial charge in [-0.1, -0.05) is 12.8 Å². The number of rotatable bonds is 1. The molecule has 13 heavy (non-hydrogen) atoms. The molecule has 2 heteroatoms. The summed E-state index contributed by atoms with van der Waals surface area (Å²) in [5, 5.41) is 0. The van der Waals surface area contributed by atoms with Gasteiger partial charge in [-0.2, -0.15) is 0 Å². The van der Waals surface area contributed by atoms with Gasteiger partial charge in [0.2, 0.25) is 5.91 Å². The zero-order valence-corrected chi connectivity index (χ0v) is 8.62. The summed E-state index contributed by atoms with van der Waals surface area (Å²) in [4.78, 5) is 13.6. The van der Waals surface area contributed by atoms with Gasteiger partial charge in [-0.05, 0) is 31.1 Å². The number of carbonyl (C=O) groups excluding carboxylic acids is 1. The molecule has 0 aromatic heterocycles. The molecule has 0 radical (unpaired) electrons. The minimum absolute atomic E-state index is 0.363. The predicted molar refractivity (Wildman–Crippen MR) is 52.2 cm³/mol. The molecule has 1 atom stereocenters. The van der Waals surface area contributed by atoms with Crippen LogP contribution in [0.1, 0.15) is 32.1 Å². The van der Waals surface area contributed by atoms with Crippen molar-refractivity contribution in [2.75, 3.05) is 14.1 Å². The van der Waals surface area contributed by atoms with Gasteiger partial charge in [-0.25, -0.2) is 0 Å². The Bertz CT molecular complexity index is 204. The van der Waals surface area contributed by atoms with Crippen molar-refractivity contribution in [3.8, 4) is 0 Å². The van der Waals surface area contributed by atoms with Crippen LogP contribution in [0.2, 0.25) is 0 Å². The lowest BCUT2D eigenvalue weighted by Crippen LogP contribution is -2.41. The molecule has 3 aliphatic carbocycles. The molecule has 3 aliphatic rings. The van der Waals surface area contributed by atoms with E-state index in [0.29, 0.717) is 17.7 Å². The minimum atomic E-state index is 0.363. The van der Waals surface area contributed by atoms with E-state index in [-0.39, 0.29) is 0 Å². The summed E-state index contributed by atoms with van der Waals surface area (Å²) in [7, 11) is 3.76. The molecule has 0 aliphatic heterocycles. The highest BCUT2D eigenvalue weighted by Crippen LogP contribution is 2.45. The van der Waals surface area contributed by atoms with Gasteiger partial charge < -0.3 is 4.90 Å². The Kier molecular flexibility index (Phi) is 2.31. The Morgan fingerprint density at radius 1 is 1.15 bits per heavy atom. The van der Waals surface area contributed by atoms with Crippen molar-refractivity contribution in [3.63, 3.8) is 0 Å². The van der Waals surface area contributed by atoms with Crippen molar-refractivity contribution in [2.45, 2.75) is 32.1 Å². The van der Waals surface area contributed by atoms with Crippen LogP contribution in [0.3, 0.4) is 0 Å². The largest absolute Gasteiger partial charge is 0.349 e. The first-order valence-electron chi connectivity index (χ1n) is 5.39. The Labute approximate surface area is 80.3 Å². The van der Waals surface area contributed by atoms with Gasteiger partial charge in [-0.15, -0.1) is 0 Å². The van der Waals surface area contributed by atoms with Gasteiger partial charge in [0.15, 0.2) is 0 Å². The van der Waals surface area contributed by atoms with Crippen LogP contribution in [0.25, 0.3) is 0 Å². The average molecular weight is 181 g/mol. The third-order valence-electron chi connectivity index (χ3n) is 3.81. The molecule has 0 heterocycles. The standard InChI is InChI=1S/C11H19NO/c1-12(2)11(13)10-7-8-3-5-9(10)6-4-8/h8-10H,3-7H2,1-2H3. The summed E-state index contributed by atoms with van der Waals surface area (Å²) in [6.07, 6.45) is 6.52. The van der Waals surface area contributed by atoms with Crippen LogP contribution in [0.4, 0.5) is 0 Å². The van der Waals surface area contributed by atoms with Gasteiger partial charge in [-0.3, -0.25) is 4.79 Å². The molecular formula is C11H19NO. The predicted octanol–water partition coefficient (Wildman–Crippen LogP) is 1.90. The van der Waals surface area contributed by atoms with E-state index in [1.807, 2.05) is 14.1 Å². The van der Waals surface area contributed by atoms with Gasteiger partial charge in [0.05, 0.1) is 0 Å². The molecule has 1 amide bonds. The van der Waals surface area contributed by atoms with Crippen LogP contribution in [-0.4, -0.2) is 24.9 Å². The normalized spacial score (nSPS) is 37.5. The molecule has 74 valence electrons. The molecule has 0 aromatic carbocycles. The summed E-state index contributed by atoms with van der Waals surface area (Å²) in [6, 6.07) is 0. The fourth-order valence-corrected chi connectivity index (χ4v) is 3.01. The molecule has 2 nitrogen and oxygen atoms in total. The molecule has 3 rings (SSSR count). The topological polar surface area (TPSA) is 20.3 Å². The highest BCUT2D eigenvalue weighted by molar-refractivity contribution is 5.78. The lowest BCUT2D eigenvalue weighted by atomic mass is 9.64. The van der Waals surface area contributed by atoms with Gasteiger partial charge in [0.1, 0.15) is 0 Å². The number of hydrogen-bond acceptors (Lipinski definition) is 1. The van der Waals surface area contributed by atoms with Crippen LogP contribution in [-0.2, 0) is 4.79 Å². The van der Waals surface area contributed by atoms with E-state index in [0.717, 1.165) is 5.92 Å². The van der Waals surface area contributed by atoms with E-state index >= 15 is 0 Å². The van der Waals surface area contributed by atoms with Crippen molar-refractivity contribution in [2.24, 2.45) is 17.8 Å². The molecule has 0 saturated heterocycles. The molecule has 2 bridgehead atoms. The zero-order chi connectivity index (χ0) is 9.42. The molecule has 1 unspecified atom stereocenters. The third-order valence-corrected chi connectivity index (χ3v) is 3.81. The maximum absolute atomic E-state index is 11.8. The zero-order valence-electron chi connectivity index (χ0n) is 8.62. The lowest BCUT2D eigenvalue weighted by Gasteiger charge is -2.42. The molecule has 0 N–H and O–H groups in total. The molecular weight excluding hydrogens is 162 g/mol. The van der Waals surface area contributed by atoms with Crippen molar-refractivity contribution in [1.29, 1.82) is 0 Å². The van der Waals surface area contributed by atoms with Crippen LogP contribution < -0.4 is 0 Å². The summed E-state index contributed by atoms with van der Waals surface area (Å²) < 4.78 is 0. The quantitative estimate of drug-likeness (QED) is 0.605. The van der Waals surface area contributed by atoms with Crippen molar-refractivity contribution >= 4 is 5.91 Å². The second-order valence-electron chi connectivity index (χ2n) is 4.86. The Hall–Kier alpha value is -0.530. The van der Waals surface area contributed by atoms with Gasteiger partial charge in [0.25, 0.3) is 0 Å². The molecule has 0 spiro atoms. The van der Waals surface area contributed by atoms with Crippen molar-refractivity contribution in [3.05, 3.63) is 0 Å². The maximum atomic E-state index is 11.8. The number of amides is 1. The SMILES string of the molecule is CN(C)C(=O)C1CC2CCC1CC2. The summed E-state index contributed by atoms with van der Waals surface area (Å²) in [5.74, 6) is 2.30. The lowest BCUT2D eigenvalue weighted by molar-refractivity contribution is -0.138. The fraction of sp³-hybridized carbons (Fsp3) is 0.909. The third kappa shape index (κ3) is 1.59. The van der Waals surface area contributed by atoms with Crippen LogP contribution >= 0.6 is 0 Å². The van der Waals surface area contributed by atoms with Crippen LogP contribution in [0, 0.1) is 17.8 Å². The first-order chi connectivity index (χ1) is 6.18. The first kappa shape index (κ1) is 9.04. The Morgan fingerprint density at radius 2 is 1.77 bits per heavy atom. The smallest absolute Gasteiger partial charge is 0.225 e. The van der Waals surface area contributed by atoms with E-state index in [9.17, 15) is 4.79 Å². The molecule has 3 saturated carbocycles. The molecule has 3 fully saturated rings. The number of hydrogen-bond donors (Lipinski definition) is 0. The Balaban J connectivity index is 2.04. The Morgan fingerprint density at radius 3 is 2.15 bits per heavy atom. The summed E-state index contributed by atoms with van der Waals surface area (Å²) in [5.41, 5.74) is 0. The highest BCUT2D eigenvalue weighted by atomic mass is 16.2. The van der Waals surface area contributed by atoms with E-state index in [4.69, 9.17) is 0 Å². The average Bonchev–Trinajstić information content (AvgIpc) is 2.18. The monoisotopic (exact) mass is 181 g/mol. The van der Waals surface area contributed by atoms with Gasteiger partial charge in [0, 0.05) is 20.0 Å². The van der Waals surface area contributed by atoms with E-state index in [1.165, 1.54) is 32.1 Å². The fourth-order valence-electron chi connectivity index (χ4n) is 3.01. The van der Waals surface area contributed by atoms with E-state index in [1.54, 1.807) is 4.90 Å². The van der Waals surface area contributed by atoms with Crippen molar-refractivity contribution < 1.29 is 4.79 Å². The second kappa shape index (κ2) is 3.32. The second-order valence-corrected chi connectivity index (χ2v) is 4.86. The van der Waals surface area contributed by atoms with E-state index in [2.05, 4.69) is 0 Å². The van der Waals surface area contributed by atoms with Crippen LogP contribution in [0.15, 0.2) is 0 Å². The summed E-state index contributed by atoms with van der Waals surface area (Å²) in [6.45, 7) is 0. The van der Waals surface area contributed by atoms with Crippen molar-refractivity contribution in [1.82, 2.24) is 4.90 Å². The molecule has 0 aromatic rings. The minimum Gasteiger partial charge on any atom is -0.349 e. The number of fused-ring (bicyclic) bond motifs is 3. The van der Waals surface area contributed by atoms with E-state index < -0.39 is 0 Å². The number of nitrogens with zero attached hydrogens (tertiary/aromatic N) is 1. The maximum Gasteiger partial charge on any atom is 0.225 e. The number of carbonyl (C=O) groups is 1.